The lowest BCUT2D eigenvalue weighted by Crippen LogP contribution is -1.97. The van der Waals surface area contributed by atoms with Gasteiger partial charge in [0.05, 0.1) is 5.52 Å². The van der Waals surface area contributed by atoms with Crippen LogP contribution in [0.1, 0.15) is 5.69 Å². The number of aryl methyl sites for hydroxylation is 1. The molecule has 0 saturated carbocycles. The van der Waals surface area contributed by atoms with Crippen molar-refractivity contribution in [2.45, 2.75) is 6.42 Å². The molecule has 3 heteroatoms. The normalized spacial score (nSPS) is 10.7. The predicted molar refractivity (Wildman–Crippen MR) is 52.6 cm³/mol. The Hall–Kier alpha value is -1.64. The lowest BCUT2D eigenvalue weighted by molar-refractivity contribution is -0.107. The topological polar surface area (TPSA) is 22.0 Å². The maximum Gasteiger partial charge on any atom is 0.147 e. The minimum Gasteiger partial charge on any atom is -0.345 e. The first-order valence-corrected chi connectivity index (χ1v) is 4.40. The number of hydrogen-bond acceptors (Lipinski definition) is 1. The molecule has 14 heavy (non-hydrogen) atoms. The van der Waals surface area contributed by atoms with Gasteiger partial charge < -0.3 is 9.36 Å². The Morgan fingerprint density at radius 2 is 2.29 bits per heavy atom. The summed E-state index contributed by atoms with van der Waals surface area (Å²) < 4.78 is 15.1. The number of aromatic nitrogens is 1. The van der Waals surface area contributed by atoms with Gasteiger partial charge in [-0.3, -0.25) is 0 Å². The van der Waals surface area contributed by atoms with Gasteiger partial charge in [-0.05, 0) is 12.1 Å². The molecule has 1 aromatic heterocycles. The molecular weight excluding hydrogens is 181 g/mol. The Morgan fingerprint density at radius 1 is 1.50 bits per heavy atom. The van der Waals surface area contributed by atoms with Crippen LogP contribution in [0.2, 0.25) is 0 Å². The predicted octanol–water partition coefficient (Wildman–Crippen LogP) is 2.06. The van der Waals surface area contributed by atoms with Crippen LogP contribution in [0.5, 0.6) is 0 Å². The van der Waals surface area contributed by atoms with Crippen LogP contribution in [0.15, 0.2) is 24.3 Å². The Balaban J connectivity index is 2.73. The number of para-hydroxylation sites is 1. The minimum absolute atomic E-state index is 0.248. The van der Waals surface area contributed by atoms with Crippen molar-refractivity contribution >= 4 is 17.2 Å². The second-order valence-corrected chi connectivity index (χ2v) is 3.24. The molecule has 0 radical (unpaired) electrons. The van der Waals surface area contributed by atoms with E-state index in [0.29, 0.717) is 11.9 Å². The molecule has 0 aliphatic carbocycles. The number of hydrogen-bond donors (Lipinski definition) is 0. The lowest BCUT2D eigenvalue weighted by atomic mass is 10.2. The van der Waals surface area contributed by atoms with Crippen molar-refractivity contribution in [1.29, 1.82) is 0 Å². The van der Waals surface area contributed by atoms with Gasteiger partial charge in [-0.25, -0.2) is 4.39 Å². The first-order chi connectivity index (χ1) is 6.74. The van der Waals surface area contributed by atoms with E-state index in [9.17, 15) is 9.18 Å². The van der Waals surface area contributed by atoms with Crippen molar-refractivity contribution < 1.29 is 9.18 Å². The summed E-state index contributed by atoms with van der Waals surface area (Å²) in [5.74, 6) is -0.248. The van der Waals surface area contributed by atoms with Crippen LogP contribution >= 0.6 is 0 Å². The van der Waals surface area contributed by atoms with Crippen LogP contribution < -0.4 is 0 Å². The minimum atomic E-state index is -0.248. The number of halogens is 1. The SMILES string of the molecule is Cn1c(CC=O)cc2cccc(F)c21. The van der Waals surface area contributed by atoms with Crippen molar-refractivity contribution in [3.8, 4) is 0 Å². The number of carbonyl (C=O) groups excluding carboxylic acids is 1. The molecule has 0 saturated heterocycles. The summed E-state index contributed by atoms with van der Waals surface area (Å²) in [5, 5.41) is 0.837. The van der Waals surface area contributed by atoms with Crippen molar-refractivity contribution in [2.75, 3.05) is 0 Å². The molecule has 2 rings (SSSR count). The van der Waals surface area contributed by atoms with Crippen LogP contribution in [0, 0.1) is 5.82 Å². The summed E-state index contributed by atoms with van der Waals surface area (Å²) in [6, 6.07) is 6.77. The number of rotatable bonds is 2. The molecule has 2 nitrogen and oxygen atoms in total. The van der Waals surface area contributed by atoms with Crippen LogP contribution in [-0.2, 0) is 18.3 Å². The highest BCUT2D eigenvalue weighted by molar-refractivity contribution is 5.82. The second-order valence-electron chi connectivity index (χ2n) is 3.24. The van der Waals surface area contributed by atoms with Gasteiger partial charge in [0.25, 0.3) is 0 Å². The van der Waals surface area contributed by atoms with E-state index in [2.05, 4.69) is 0 Å². The largest absolute Gasteiger partial charge is 0.345 e. The third-order valence-electron chi connectivity index (χ3n) is 2.40. The standard InChI is InChI=1S/C11H10FNO/c1-13-9(5-6-14)7-8-3-2-4-10(12)11(8)13/h2-4,6-7H,5H2,1H3. The fourth-order valence-corrected chi connectivity index (χ4v) is 1.70. The summed E-state index contributed by atoms with van der Waals surface area (Å²) in [6.07, 6.45) is 1.15. The highest BCUT2D eigenvalue weighted by Gasteiger charge is 2.08. The average molecular weight is 191 g/mol. The van der Waals surface area contributed by atoms with Gasteiger partial charge in [-0.15, -0.1) is 0 Å². The van der Waals surface area contributed by atoms with E-state index in [1.165, 1.54) is 6.07 Å². The fraction of sp³-hybridized carbons (Fsp3) is 0.182. The molecule has 0 atom stereocenters. The van der Waals surface area contributed by atoms with Gasteiger partial charge in [0.1, 0.15) is 12.1 Å². The first-order valence-electron chi connectivity index (χ1n) is 4.40. The van der Waals surface area contributed by atoms with E-state index < -0.39 is 0 Å². The number of carbonyl (C=O) groups is 1. The molecule has 0 fully saturated rings. The van der Waals surface area contributed by atoms with Crippen molar-refractivity contribution in [3.63, 3.8) is 0 Å². The zero-order chi connectivity index (χ0) is 10.1. The Labute approximate surface area is 81.0 Å². The number of nitrogens with zero attached hydrogens (tertiary/aromatic N) is 1. The third-order valence-corrected chi connectivity index (χ3v) is 2.40. The monoisotopic (exact) mass is 191 g/mol. The van der Waals surface area contributed by atoms with Crippen molar-refractivity contribution in [1.82, 2.24) is 4.57 Å². The van der Waals surface area contributed by atoms with Crippen molar-refractivity contribution in [3.05, 3.63) is 35.8 Å². The molecule has 0 amide bonds. The molecule has 2 aromatic rings. The van der Waals surface area contributed by atoms with Gasteiger partial charge in [0.15, 0.2) is 0 Å². The molecule has 0 spiro atoms. The van der Waals surface area contributed by atoms with E-state index in [1.54, 1.807) is 17.7 Å². The molecular formula is C11H10FNO. The van der Waals surface area contributed by atoms with Gasteiger partial charge in [-0.2, -0.15) is 0 Å². The number of fused-ring (bicyclic) bond motifs is 1. The molecule has 0 aliphatic heterocycles. The van der Waals surface area contributed by atoms with Gasteiger partial charge in [-0.1, -0.05) is 12.1 Å². The van der Waals surface area contributed by atoms with Crippen molar-refractivity contribution in [2.24, 2.45) is 7.05 Å². The molecule has 0 aliphatic rings. The Kier molecular flexibility index (Phi) is 2.08. The number of aldehydes is 1. The second kappa shape index (κ2) is 3.25. The molecule has 1 aromatic carbocycles. The Morgan fingerprint density at radius 3 is 2.93 bits per heavy atom. The average Bonchev–Trinajstić information content (AvgIpc) is 2.46. The first kappa shape index (κ1) is 8.94. The third kappa shape index (κ3) is 1.21. The number of benzene rings is 1. The van der Waals surface area contributed by atoms with Crippen LogP contribution in [0.4, 0.5) is 4.39 Å². The van der Waals surface area contributed by atoms with Crippen LogP contribution in [0.3, 0.4) is 0 Å². The lowest BCUT2D eigenvalue weighted by Gasteiger charge is -2.00. The Bertz CT molecular complexity index is 487. The molecule has 72 valence electrons. The highest BCUT2D eigenvalue weighted by Crippen LogP contribution is 2.21. The van der Waals surface area contributed by atoms with Gasteiger partial charge >= 0.3 is 0 Å². The van der Waals surface area contributed by atoms with E-state index >= 15 is 0 Å². The van der Waals surface area contributed by atoms with E-state index in [4.69, 9.17) is 0 Å². The quantitative estimate of drug-likeness (QED) is 0.666. The summed E-state index contributed by atoms with van der Waals surface area (Å²) in [7, 11) is 1.77. The van der Waals surface area contributed by atoms with E-state index in [0.717, 1.165) is 17.4 Å². The van der Waals surface area contributed by atoms with E-state index in [-0.39, 0.29) is 5.82 Å². The zero-order valence-corrected chi connectivity index (χ0v) is 7.83. The summed E-state index contributed by atoms with van der Waals surface area (Å²) >= 11 is 0. The van der Waals surface area contributed by atoms with Crippen LogP contribution in [0.25, 0.3) is 10.9 Å². The van der Waals surface area contributed by atoms with E-state index in [1.807, 2.05) is 12.1 Å². The summed E-state index contributed by atoms with van der Waals surface area (Å²) in [5.41, 5.74) is 1.39. The molecule has 1 heterocycles. The van der Waals surface area contributed by atoms with Gasteiger partial charge in [0.2, 0.25) is 0 Å². The summed E-state index contributed by atoms with van der Waals surface area (Å²) in [4.78, 5) is 10.4. The highest BCUT2D eigenvalue weighted by atomic mass is 19.1. The maximum atomic E-state index is 13.4. The molecule has 0 N–H and O–H groups in total. The zero-order valence-electron chi connectivity index (χ0n) is 7.83. The fourth-order valence-electron chi connectivity index (χ4n) is 1.70. The van der Waals surface area contributed by atoms with Crippen LogP contribution in [-0.4, -0.2) is 10.9 Å². The molecule has 0 unspecified atom stereocenters. The smallest absolute Gasteiger partial charge is 0.147 e. The molecule has 0 bridgehead atoms. The maximum absolute atomic E-state index is 13.4. The van der Waals surface area contributed by atoms with Gasteiger partial charge in [0, 0.05) is 24.5 Å². The summed E-state index contributed by atoms with van der Waals surface area (Å²) in [6.45, 7) is 0.